The van der Waals surface area contributed by atoms with E-state index in [2.05, 4.69) is 22.6 Å². The molecule has 0 aromatic rings. The maximum atomic E-state index is 11.8. The molecule has 4 aliphatic rings. The molecule has 0 aromatic carbocycles. The summed E-state index contributed by atoms with van der Waals surface area (Å²) in [6.07, 6.45) is 2.19. The van der Waals surface area contributed by atoms with Crippen LogP contribution < -0.4 is 0 Å². The van der Waals surface area contributed by atoms with Crippen LogP contribution >= 0.6 is 22.6 Å². The zero-order valence-corrected chi connectivity index (χ0v) is 10.6. The van der Waals surface area contributed by atoms with Gasteiger partial charge in [0.2, 0.25) is 0 Å². The van der Waals surface area contributed by atoms with Gasteiger partial charge in [-0.15, -0.1) is 0 Å². The lowest BCUT2D eigenvalue weighted by Crippen LogP contribution is -2.37. The van der Waals surface area contributed by atoms with Crippen LogP contribution in [0.5, 0.6) is 0 Å². The van der Waals surface area contributed by atoms with Crippen LogP contribution in [0.1, 0.15) is 12.8 Å². The fourth-order valence-corrected chi connectivity index (χ4v) is 6.35. The van der Waals surface area contributed by atoms with E-state index in [9.17, 15) is 14.7 Å². The monoisotopic (exact) mass is 334 g/mol. The Labute approximate surface area is 106 Å². The average molecular weight is 334 g/mol. The standard InChI is InChI=1S/C11H11IO4/c12-7-5-3(9(13)14)4-6(11(5)1-2-11)8(7)16-10(4)15/h3-8H,1-2H2,(H,13,14)/t3-,4?,5?,6?,7?,8?/m0/s1. The van der Waals surface area contributed by atoms with E-state index >= 15 is 0 Å². The summed E-state index contributed by atoms with van der Waals surface area (Å²) in [5.74, 6) is -1.52. The summed E-state index contributed by atoms with van der Waals surface area (Å²) in [6, 6.07) is 0. The Bertz CT molecular complexity index is 416. The van der Waals surface area contributed by atoms with Gasteiger partial charge >= 0.3 is 11.9 Å². The second kappa shape index (κ2) is 2.57. The first-order valence-corrected chi connectivity index (χ1v) is 6.90. The zero-order valence-electron chi connectivity index (χ0n) is 8.43. The molecule has 0 radical (unpaired) electrons. The first-order chi connectivity index (χ1) is 7.58. The summed E-state index contributed by atoms with van der Waals surface area (Å²) in [7, 11) is 0. The lowest BCUT2D eigenvalue weighted by atomic mass is 9.80. The minimum absolute atomic E-state index is 0.00111. The number of hydrogen-bond donors (Lipinski definition) is 1. The number of carbonyl (C=O) groups is 2. The highest BCUT2D eigenvalue weighted by Crippen LogP contribution is 2.78. The van der Waals surface area contributed by atoms with Crippen molar-refractivity contribution in [3.8, 4) is 0 Å². The molecule has 6 atom stereocenters. The van der Waals surface area contributed by atoms with Gasteiger partial charge < -0.3 is 9.84 Å². The second-order valence-corrected chi connectivity index (χ2v) is 6.96. The minimum atomic E-state index is -0.803. The minimum Gasteiger partial charge on any atom is -0.481 e. The van der Waals surface area contributed by atoms with Crippen LogP contribution in [0.3, 0.4) is 0 Å². The normalized spacial score (nSPS) is 54.4. The molecule has 5 heteroatoms. The van der Waals surface area contributed by atoms with E-state index in [0.717, 1.165) is 12.8 Å². The van der Waals surface area contributed by atoms with Crippen LogP contribution in [0.4, 0.5) is 0 Å². The van der Waals surface area contributed by atoms with E-state index in [0.29, 0.717) is 0 Å². The molecule has 16 heavy (non-hydrogen) atoms. The largest absolute Gasteiger partial charge is 0.481 e. The van der Waals surface area contributed by atoms with Gasteiger partial charge in [0.05, 0.1) is 15.8 Å². The van der Waals surface area contributed by atoms with Gasteiger partial charge in [-0.3, -0.25) is 9.59 Å². The zero-order chi connectivity index (χ0) is 11.2. The van der Waals surface area contributed by atoms with Gasteiger partial charge in [0.1, 0.15) is 6.10 Å². The Morgan fingerprint density at radius 1 is 1.44 bits per heavy atom. The van der Waals surface area contributed by atoms with Crippen molar-refractivity contribution in [3.05, 3.63) is 0 Å². The molecule has 3 aliphatic carbocycles. The Morgan fingerprint density at radius 3 is 2.69 bits per heavy atom. The average Bonchev–Trinajstić information content (AvgIpc) is 2.80. The van der Waals surface area contributed by atoms with Crippen molar-refractivity contribution in [1.29, 1.82) is 0 Å². The molecule has 1 heterocycles. The highest BCUT2D eigenvalue weighted by molar-refractivity contribution is 14.1. The number of carboxylic acid groups (broad SMARTS) is 1. The Morgan fingerprint density at radius 2 is 2.12 bits per heavy atom. The molecular weight excluding hydrogens is 323 g/mol. The number of carboxylic acids is 1. The van der Waals surface area contributed by atoms with E-state index in [-0.39, 0.29) is 39.2 Å². The van der Waals surface area contributed by atoms with Crippen molar-refractivity contribution in [2.24, 2.45) is 29.1 Å². The first kappa shape index (κ1) is 9.67. The Kier molecular flexibility index (Phi) is 1.55. The van der Waals surface area contributed by atoms with E-state index < -0.39 is 11.9 Å². The van der Waals surface area contributed by atoms with Crippen molar-refractivity contribution >= 4 is 34.5 Å². The van der Waals surface area contributed by atoms with E-state index in [4.69, 9.17) is 4.74 Å². The fraction of sp³-hybridized carbons (Fsp3) is 0.818. The predicted octanol–water partition coefficient (Wildman–Crippen LogP) is 1.07. The fourth-order valence-electron chi connectivity index (χ4n) is 4.60. The highest BCUT2D eigenvalue weighted by Gasteiger charge is 2.81. The van der Waals surface area contributed by atoms with Crippen LogP contribution in [-0.2, 0) is 14.3 Å². The number of halogens is 1. The van der Waals surface area contributed by atoms with Crippen LogP contribution in [0.25, 0.3) is 0 Å². The third-order valence-corrected chi connectivity index (χ3v) is 6.62. The van der Waals surface area contributed by atoms with Gasteiger partial charge in [-0.1, -0.05) is 22.6 Å². The SMILES string of the molecule is O=C1OC2C(I)C3[C@@H](C(=O)O)C1C2C31CC1. The first-order valence-electron chi connectivity index (χ1n) is 5.65. The molecule has 1 aliphatic heterocycles. The van der Waals surface area contributed by atoms with Gasteiger partial charge in [-0.25, -0.2) is 0 Å². The quantitative estimate of drug-likeness (QED) is 0.443. The molecule has 5 unspecified atom stereocenters. The molecule has 4 rings (SSSR count). The second-order valence-electron chi connectivity index (χ2n) is 5.52. The van der Waals surface area contributed by atoms with Gasteiger partial charge in [-0.2, -0.15) is 0 Å². The van der Waals surface area contributed by atoms with Gasteiger partial charge in [0.15, 0.2) is 0 Å². The van der Waals surface area contributed by atoms with Crippen molar-refractivity contribution in [1.82, 2.24) is 0 Å². The van der Waals surface area contributed by atoms with Crippen LogP contribution in [0, 0.1) is 29.1 Å². The highest BCUT2D eigenvalue weighted by atomic mass is 127. The smallest absolute Gasteiger partial charge is 0.310 e. The van der Waals surface area contributed by atoms with Crippen molar-refractivity contribution in [3.63, 3.8) is 0 Å². The number of esters is 1. The summed E-state index contributed by atoms with van der Waals surface area (Å²) >= 11 is 2.30. The molecule has 2 bridgehead atoms. The third kappa shape index (κ3) is 0.791. The lowest BCUT2D eigenvalue weighted by molar-refractivity contribution is -0.151. The molecule has 0 aromatic heterocycles. The molecule has 86 valence electrons. The number of aliphatic carboxylic acids is 1. The van der Waals surface area contributed by atoms with Gasteiger partial charge in [0, 0.05) is 5.92 Å². The third-order valence-electron chi connectivity index (χ3n) is 5.14. The number of ether oxygens (including phenoxy) is 1. The van der Waals surface area contributed by atoms with E-state index in [1.54, 1.807) is 0 Å². The van der Waals surface area contributed by atoms with Crippen LogP contribution in [0.2, 0.25) is 0 Å². The molecular formula is C11H11IO4. The van der Waals surface area contributed by atoms with E-state index in [1.165, 1.54) is 0 Å². The van der Waals surface area contributed by atoms with Crippen LogP contribution in [-0.4, -0.2) is 27.1 Å². The van der Waals surface area contributed by atoms with Crippen molar-refractivity contribution in [2.75, 3.05) is 0 Å². The number of carbonyl (C=O) groups excluding carboxylic acids is 1. The van der Waals surface area contributed by atoms with Crippen molar-refractivity contribution < 1.29 is 19.4 Å². The maximum Gasteiger partial charge on any atom is 0.310 e. The Balaban J connectivity index is 1.89. The van der Waals surface area contributed by atoms with E-state index in [1.807, 2.05) is 0 Å². The summed E-state index contributed by atoms with van der Waals surface area (Å²) in [5, 5.41) is 9.34. The number of rotatable bonds is 1. The predicted molar refractivity (Wildman–Crippen MR) is 61.0 cm³/mol. The number of hydrogen-bond acceptors (Lipinski definition) is 3. The summed E-state index contributed by atoms with van der Waals surface area (Å²) < 4.78 is 5.60. The summed E-state index contributed by atoms with van der Waals surface area (Å²) in [6.45, 7) is 0. The molecule has 3 saturated carbocycles. The van der Waals surface area contributed by atoms with Crippen molar-refractivity contribution in [2.45, 2.75) is 22.9 Å². The molecule has 4 nitrogen and oxygen atoms in total. The lowest BCUT2D eigenvalue weighted by Gasteiger charge is -2.25. The van der Waals surface area contributed by atoms with Gasteiger partial charge in [-0.05, 0) is 24.2 Å². The molecule has 4 fully saturated rings. The summed E-state index contributed by atoms with van der Waals surface area (Å²) in [4.78, 5) is 23.2. The molecule has 1 spiro atoms. The Hall–Kier alpha value is -0.330. The summed E-state index contributed by atoms with van der Waals surface area (Å²) in [5.41, 5.74) is 0.149. The molecule has 0 amide bonds. The number of alkyl halides is 1. The maximum absolute atomic E-state index is 11.8. The topological polar surface area (TPSA) is 63.6 Å². The van der Waals surface area contributed by atoms with Crippen LogP contribution in [0.15, 0.2) is 0 Å². The van der Waals surface area contributed by atoms with Gasteiger partial charge in [0.25, 0.3) is 0 Å². The molecule has 1 saturated heterocycles. The molecule has 1 N–H and O–H groups in total.